The van der Waals surface area contributed by atoms with E-state index in [2.05, 4.69) is 26.8 Å². The SMILES string of the molecule is C=CC(=O)Nc1cc(Cc2nccc(C(=O)c3ccc(OCC)cc3OCC)n2)c(OC)cc1N(C)CCN(C)C. The summed E-state index contributed by atoms with van der Waals surface area (Å²) in [4.78, 5) is 38.8. The van der Waals surface area contributed by atoms with Gasteiger partial charge in [0.05, 0.1) is 37.3 Å². The summed E-state index contributed by atoms with van der Waals surface area (Å²) in [6.45, 7) is 9.78. The molecule has 10 nitrogen and oxygen atoms in total. The van der Waals surface area contributed by atoms with Crippen molar-refractivity contribution in [3.05, 3.63) is 77.9 Å². The predicted molar refractivity (Wildman–Crippen MR) is 161 cm³/mol. The van der Waals surface area contributed by atoms with Gasteiger partial charge in [-0.25, -0.2) is 9.97 Å². The minimum Gasteiger partial charge on any atom is -0.496 e. The summed E-state index contributed by atoms with van der Waals surface area (Å²) in [5.41, 5.74) is 2.77. The van der Waals surface area contributed by atoms with Gasteiger partial charge in [-0.1, -0.05) is 6.58 Å². The first kappa shape index (κ1) is 31.1. The molecule has 218 valence electrons. The van der Waals surface area contributed by atoms with Crippen molar-refractivity contribution in [1.82, 2.24) is 14.9 Å². The lowest BCUT2D eigenvalue weighted by atomic mass is 10.0. The molecule has 0 spiro atoms. The van der Waals surface area contributed by atoms with Gasteiger partial charge in [-0.2, -0.15) is 0 Å². The number of methoxy groups -OCH3 is 1. The second kappa shape index (κ2) is 14.8. The monoisotopic (exact) mass is 561 g/mol. The number of hydrogen-bond acceptors (Lipinski definition) is 9. The van der Waals surface area contributed by atoms with Crippen LogP contribution in [0.5, 0.6) is 17.2 Å². The van der Waals surface area contributed by atoms with E-state index in [1.807, 2.05) is 52.0 Å². The first-order chi connectivity index (χ1) is 19.7. The molecule has 2 aromatic carbocycles. The fourth-order valence-electron chi connectivity index (χ4n) is 4.15. The summed E-state index contributed by atoms with van der Waals surface area (Å²) in [7, 11) is 7.55. The molecule has 41 heavy (non-hydrogen) atoms. The van der Waals surface area contributed by atoms with Crippen LogP contribution in [0.4, 0.5) is 11.4 Å². The number of anilines is 2. The lowest BCUT2D eigenvalue weighted by molar-refractivity contribution is -0.111. The molecule has 3 rings (SSSR count). The van der Waals surface area contributed by atoms with E-state index in [1.165, 1.54) is 6.08 Å². The topological polar surface area (TPSA) is 106 Å². The Morgan fingerprint density at radius 2 is 1.76 bits per heavy atom. The van der Waals surface area contributed by atoms with Crippen molar-refractivity contribution < 1.29 is 23.8 Å². The number of carbonyl (C=O) groups is 2. The van der Waals surface area contributed by atoms with Gasteiger partial charge in [-0.15, -0.1) is 0 Å². The minimum atomic E-state index is -0.326. The number of amides is 1. The minimum absolute atomic E-state index is 0.235. The van der Waals surface area contributed by atoms with E-state index in [0.717, 1.165) is 24.3 Å². The molecule has 0 saturated heterocycles. The second-order valence-corrected chi connectivity index (χ2v) is 9.49. The quantitative estimate of drug-likeness (QED) is 0.216. The van der Waals surface area contributed by atoms with Crippen LogP contribution in [-0.4, -0.2) is 81.1 Å². The molecule has 0 aliphatic heterocycles. The number of ketones is 1. The van der Waals surface area contributed by atoms with Gasteiger partial charge in [0.1, 0.15) is 28.8 Å². The Hall–Kier alpha value is -4.44. The Bertz CT molecular complexity index is 1370. The number of benzene rings is 2. The molecule has 1 amide bonds. The van der Waals surface area contributed by atoms with Gasteiger partial charge < -0.3 is 29.3 Å². The molecule has 0 unspecified atom stereocenters. The zero-order valence-electron chi connectivity index (χ0n) is 24.7. The largest absolute Gasteiger partial charge is 0.496 e. The number of carbonyl (C=O) groups excluding carboxylic acids is 2. The zero-order chi connectivity index (χ0) is 29.9. The van der Waals surface area contributed by atoms with E-state index in [0.29, 0.717) is 47.5 Å². The van der Waals surface area contributed by atoms with E-state index in [-0.39, 0.29) is 23.8 Å². The predicted octanol–water partition coefficient (Wildman–Crippen LogP) is 4.23. The van der Waals surface area contributed by atoms with Crippen molar-refractivity contribution in [2.75, 3.05) is 64.8 Å². The molecule has 0 radical (unpaired) electrons. The lowest BCUT2D eigenvalue weighted by Crippen LogP contribution is -2.29. The Balaban J connectivity index is 1.96. The Kier molecular flexibility index (Phi) is 11.2. The van der Waals surface area contributed by atoms with Gasteiger partial charge in [0.15, 0.2) is 0 Å². The van der Waals surface area contributed by atoms with Gasteiger partial charge in [-0.05, 0) is 58.3 Å². The number of nitrogens with one attached hydrogen (secondary N) is 1. The first-order valence-corrected chi connectivity index (χ1v) is 13.5. The molecule has 0 bridgehead atoms. The fraction of sp³-hybridized carbons (Fsp3) is 0.355. The molecule has 3 aromatic rings. The Morgan fingerprint density at radius 1 is 1.00 bits per heavy atom. The summed E-state index contributed by atoms with van der Waals surface area (Å²) in [6, 6.07) is 10.4. The van der Waals surface area contributed by atoms with Crippen molar-refractivity contribution in [3.63, 3.8) is 0 Å². The van der Waals surface area contributed by atoms with E-state index < -0.39 is 0 Å². The molecule has 0 fully saturated rings. The molecule has 0 aliphatic rings. The maximum atomic E-state index is 13.5. The third-order valence-electron chi connectivity index (χ3n) is 6.23. The molecule has 0 aliphatic carbocycles. The van der Waals surface area contributed by atoms with Crippen LogP contribution < -0.4 is 24.4 Å². The van der Waals surface area contributed by atoms with Gasteiger partial charge in [0.25, 0.3) is 0 Å². The Labute approximate surface area is 242 Å². The highest BCUT2D eigenvalue weighted by molar-refractivity contribution is 6.09. The number of rotatable bonds is 15. The van der Waals surface area contributed by atoms with E-state index in [9.17, 15) is 9.59 Å². The third-order valence-corrected chi connectivity index (χ3v) is 6.23. The molecule has 10 heteroatoms. The summed E-state index contributed by atoms with van der Waals surface area (Å²) in [5.74, 6) is 1.48. The van der Waals surface area contributed by atoms with E-state index in [1.54, 1.807) is 37.6 Å². The zero-order valence-corrected chi connectivity index (χ0v) is 24.7. The van der Waals surface area contributed by atoms with Crippen LogP contribution in [0, 0.1) is 0 Å². The van der Waals surface area contributed by atoms with Crippen molar-refractivity contribution in [1.29, 1.82) is 0 Å². The highest BCUT2D eigenvalue weighted by Gasteiger charge is 2.20. The first-order valence-electron chi connectivity index (χ1n) is 13.5. The van der Waals surface area contributed by atoms with Gasteiger partial charge in [-0.3, -0.25) is 9.59 Å². The molecule has 1 N–H and O–H groups in total. The highest BCUT2D eigenvalue weighted by Crippen LogP contribution is 2.35. The molecule has 0 atom stereocenters. The molecular weight excluding hydrogens is 522 g/mol. The maximum absolute atomic E-state index is 13.5. The smallest absolute Gasteiger partial charge is 0.247 e. The van der Waals surface area contributed by atoms with Crippen LogP contribution in [0.15, 0.2) is 55.3 Å². The summed E-state index contributed by atoms with van der Waals surface area (Å²) in [5, 5.41) is 2.90. The second-order valence-electron chi connectivity index (χ2n) is 9.49. The number of hydrogen-bond donors (Lipinski definition) is 1. The third kappa shape index (κ3) is 8.28. The van der Waals surface area contributed by atoms with Gasteiger partial charge in [0.2, 0.25) is 11.7 Å². The Morgan fingerprint density at radius 3 is 2.41 bits per heavy atom. The fourth-order valence-corrected chi connectivity index (χ4v) is 4.15. The van der Waals surface area contributed by atoms with Crippen LogP contribution >= 0.6 is 0 Å². The van der Waals surface area contributed by atoms with E-state index in [4.69, 9.17) is 14.2 Å². The molecule has 1 aromatic heterocycles. The van der Waals surface area contributed by atoms with E-state index >= 15 is 0 Å². The molecule has 1 heterocycles. The van der Waals surface area contributed by atoms with Gasteiger partial charge in [0, 0.05) is 50.5 Å². The van der Waals surface area contributed by atoms with Gasteiger partial charge >= 0.3 is 0 Å². The summed E-state index contributed by atoms with van der Waals surface area (Å²) < 4.78 is 17.0. The number of likely N-dealkylation sites (N-methyl/N-ethyl adjacent to an activating group) is 2. The van der Waals surface area contributed by atoms with Crippen molar-refractivity contribution in [2.45, 2.75) is 20.3 Å². The van der Waals surface area contributed by atoms with Crippen molar-refractivity contribution >= 4 is 23.1 Å². The maximum Gasteiger partial charge on any atom is 0.247 e. The van der Waals surface area contributed by atoms with Crippen LogP contribution in [0.2, 0.25) is 0 Å². The lowest BCUT2D eigenvalue weighted by Gasteiger charge is -2.25. The van der Waals surface area contributed by atoms with Crippen LogP contribution in [0.3, 0.4) is 0 Å². The molecule has 0 saturated carbocycles. The molecular formula is C31H39N5O5. The number of nitrogens with zero attached hydrogens (tertiary/aromatic N) is 4. The van der Waals surface area contributed by atoms with Crippen molar-refractivity contribution in [2.24, 2.45) is 0 Å². The number of aromatic nitrogens is 2. The average molecular weight is 562 g/mol. The normalized spacial score (nSPS) is 10.7. The van der Waals surface area contributed by atoms with Crippen LogP contribution in [-0.2, 0) is 11.2 Å². The number of ether oxygens (including phenoxy) is 3. The standard InChI is InChI=1S/C31H39N5O5/c1-8-30(37)34-25-17-21(27(39-7)20-26(25)36(6)16-15-35(4)5)18-29-32-14-13-24(33-29)31(38)23-12-11-22(40-9-2)19-28(23)41-10-3/h8,11-14,17,19-20H,1,9-10,15-16,18H2,2-7H3,(H,34,37). The highest BCUT2D eigenvalue weighted by atomic mass is 16.5. The van der Waals surface area contributed by atoms with Crippen LogP contribution in [0.25, 0.3) is 0 Å². The van der Waals surface area contributed by atoms with Crippen LogP contribution in [0.1, 0.15) is 41.3 Å². The average Bonchev–Trinajstić information content (AvgIpc) is 2.96. The summed E-state index contributed by atoms with van der Waals surface area (Å²) >= 11 is 0. The van der Waals surface area contributed by atoms with Crippen molar-refractivity contribution in [3.8, 4) is 17.2 Å². The summed E-state index contributed by atoms with van der Waals surface area (Å²) in [6.07, 6.45) is 3.05.